The SMILES string of the molecule is CCCOc1ccc(/C(O)=C2/C(=O)C(=O)N(CCOC(C)C)C2c2ccco2)cc1C. The van der Waals surface area contributed by atoms with E-state index in [1.807, 2.05) is 27.7 Å². The molecule has 1 saturated heterocycles. The van der Waals surface area contributed by atoms with Gasteiger partial charge in [0.2, 0.25) is 0 Å². The lowest BCUT2D eigenvalue weighted by Crippen LogP contribution is -2.33. The van der Waals surface area contributed by atoms with E-state index < -0.39 is 17.7 Å². The topological polar surface area (TPSA) is 89.2 Å². The molecule has 1 aromatic heterocycles. The molecule has 0 saturated carbocycles. The number of amides is 1. The molecular weight excluding hydrogens is 398 g/mol. The zero-order valence-corrected chi connectivity index (χ0v) is 18.4. The van der Waals surface area contributed by atoms with Crippen molar-refractivity contribution in [2.45, 2.75) is 46.3 Å². The average molecular weight is 427 g/mol. The largest absolute Gasteiger partial charge is 0.507 e. The molecule has 1 fully saturated rings. The van der Waals surface area contributed by atoms with Gasteiger partial charge in [-0.2, -0.15) is 0 Å². The number of aliphatic hydroxyl groups excluding tert-OH is 1. The highest BCUT2D eigenvalue weighted by atomic mass is 16.5. The van der Waals surface area contributed by atoms with Crippen molar-refractivity contribution in [3.8, 4) is 5.75 Å². The second-order valence-corrected chi connectivity index (χ2v) is 7.76. The number of hydrogen-bond donors (Lipinski definition) is 1. The molecule has 7 nitrogen and oxygen atoms in total. The average Bonchev–Trinajstić information content (AvgIpc) is 3.34. The Bertz CT molecular complexity index is 960. The fraction of sp³-hybridized carbons (Fsp3) is 0.417. The van der Waals surface area contributed by atoms with Gasteiger partial charge in [-0.1, -0.05) is 6.92 Å². The molecule has 1 aliphatic heterocycles. The molecule has 0 aliphatic carbocycles. The summed E-state index contributed by atoms with van der Waals surface area (Å²) in [6, 6.07) is 7.74. The number of carbonyl (C=O) groups is 2. The Hall–Kier alpha value is -3.06. The number of ether oxygens (including phenoxy) is 2. The van der Waals surface area contributed by atoms with Crippen LogP contribution in [0.5, 0.6) is 5.75 Å². The highest BCUT2D eigenvalue weighted by Crippen LogP contribution is 2.39. The number of carbonyl (C=O) groups excluding carboxylic acids is 2. The first-order chi connectivity index (χ1) is 14.8. The third-order valence-corrected chi connectivity index (χ3v) is 5.05. The Balaban J connectivity index is 2.00. The van der Waals surface area contributed by atoms with Crippen molar-refractivity contribution < 1.29 is 28.6 Å². The summed E-state index contributed by atoms with van der Waals surface area (Å²) in [5.74, 6) is -0.545. The maximum Gasteiger partial charge on any atom is 0.295 e. The molecule has 1 N–H and O–H groups in total. The molecule has 1 aliphatic rings. The number of aryl methyl sites for hydroxylation is 1. The van der Waals surface area contributed by atoms with Crippen LogP contribution < -0.4 is 4.74 Å². The van der Waals surface area contributed by atoms with Gasteiger partial charge in [-0.15, -0.1) is 0 Å². The van der Waals surface area contributed by atoms with Crippen molar-refractivity contribution in [1.82, 2.24) is 4.90 Å². The van der Waals surface area contributed by atoms with Gasteiger partial charge < -0.3 is 23.9 Å². The molecule has 0 radical (unpaired) electrons. The number of nitrogens with zero attached hydrogens (tertiary/aromatic N) is 1. The van der Waals surface area contributed by atoms with Crippen LogP contribution in [0, 0.1) is 6.92 Å². The van der Waals surface area contributed by atoms with Crippen molar-refractivity contribution in [3.63, 3.8) is 0 Å². The summed E-state index contributed by atoms with van der Waals surface area (Å²) in [6.45, 7) is 8.75. The van der Waals surface area contributed by atoms with Gasteiger partial charge in [0.05, 0.1) is 31.2 Å². The summed E-state index contributed by atoms with van der Waals surface area (Å²) in [4.78, 5) is 27.1. The first-order valence-electron chi connectivity index (χ1n) is 10.5. The Morgan fingerprint density at radius 3 is 2.61 bits per heavy atom. The minimum atomic E-state index is -0.818. The minimum absolute atomic E-state index is 0.00435. The van der Waals surface area contributed by atoms with Crippen molar-refractivity contribution in [2.24, 2.45) is 0 Å². The molecule has 31 heavy (non-hydrogen) atoms. The maximum absolute atomic E-state index is 12.9. The zero-order valence-electron chi connectivity index (χ0n) is 18.4. The standard InChI is InChI=1S/C24H29NO6/c1-5-11-30-18-9-8-17(14-16(18)4)22(26)20-21(19-7-6-12-31-19)25(24(28)23(20)27)10-13-29-15(2)3/h6-9,12,14-15,21,26H,5,10-11,13H2,1-4H3/b22-20-. The number of aliphatic hydroxyl groups is 1. The second kappa shape index (κ2) is 9.83. The van der Waals surface area contributed by atoms with E-state index in [9.17, 15) is 14.7 Å². The van der Waals surface area contributed by atoms with Gasteiger partial charge in [-0.3, -0.25) is 9.59 Å². The molecule has 0 spiro atoms. The maximum atomic E-state index is 12.9. The summed E-state index contributed by atoms with van der Waals surface area (Å²) in [7, 11) is 0. The highest BCUT2D eigenvalue weighted by molar-refractivity contribution is 6.46. The van der Waals surface area contributed by atoms with Crippen LogP contribution in [-0.2, 0) is 14.3 Å². The molecule has 1 unspecified atom stereocenters. The summed E-state index contributed by atoms with van der Waals surface area (Å²) < 4.78 is 16.8. The molecule has 3 rings (SSSR count). The molecule has 1 aromatic carbocycles. The van der Waals surface area contributed by atoms with Crippen LogP contribution in [0.1, 0.15) is 50.1 Å². The van der Waals surface area contributed by atoms with Gasteiger partial charge in [0.15, 0.2) is 0 Å². The third kappa shape index (κ3) is 4.82. The van der Waals surface area contributed by atoms with Crippen LogP contribution in [0.2, 0.25) is 0 Å². The fourth-order valence-electron chi connectivity index (χ4n) is 3.57. The number of furan rings is 1. The summed E-state index contributed by atoms with van der Waals surface area (Å²) >= 11 is 0. The van der Waals surface area contributed by atoms with Crippen molar-refractivity contribution in [3.05, 3.63) is 59.1 Å². The van der Waals surface area contributed by atoms with E-state index in [0.29, 0.717) is 23.7 Å². The van der Waals surface area contributed by atoms with E-state index in [1.165, 1.54) is 11.2 Å². The van der Waals surface area contributed by atoms with Crippen molar-refractivity contribution in [2.75, 3.05) is 19.8 Å². The van der Waals surface area contributed by atoms with Crippen LogP contribution in [0.4, 0.5) is 0 Å². The number of likely N-dealkylation sites (tertiary alicyclic amines) is 1. The highest BCUT2D eigenvalue weighted by Gasteiger charge is 2.47. The number of rotatable bonds is 9. The third-order valence-electron chi connectivity index (χ3n) is 5.05. The lowest BCUT2D eigenvalue weighted by molar-refractivity contribution is -0.140. The summed E-state index contributed by atoms with van der Waals surface area (Å²) in [6.07, 6.45) is 2.36. The van der Waals surface area contributed by atoms with E-state index in [4.69, 9.17) is 13.9 Å². The van der Waals surface area contributed by atoms with Gasteiger partial charge in [0.1, 0.15) is 23.3 Å². The molecule has 2 aromatic rings. The minimum Gasteiger partial charge on any atom is -0.507 e. The number of ketones is 1. The first-order valence-corrected chi connectivity index (χ1v) is 10.5. The first kappa shape index (κ1) is 22.6. The van der Waals surface area contributed by atoms with Gasteiger partial charge >= 0.3 is 0 Å². The van der Waals surface area contributed by atoms with Crippen LogP contribution >= 0.6 is 0 Å². The quantitative estimate of drug-likeness (QED) is 0.366. The molecule has 166 valence electrons. The lowest BCUT2D eigenvalue weighted by atomic mass is 9.98. The predicted molar refractivity (Wildman–Crippen MR) is 116 cm³/mol. The molecule has 2 heterocycles. The Kier molecular flexibility index (Phi) is 7.17. The number of hydrogen-bond acceptors (Lipinski definition) is 6. The van der Waals surface area contributed by atoms with E-state index in [2.05, 4.69) is 0 Å². The number of Topliss-reactive ketones (excluding diaryl/α,β-unsaturated/α-hetero) is 1. The Labute approximate surface area is 182 Å². The molecule has 1 atom stereocenters. The molecule has 1 amide bonds. The van der Waals surface area contributed by atoms with Crippen LogP contribution in [0.15, 0.2) is 46.6 Å². The molecule has 0 bridgehead atoms. The Morgan fingerprint density at radius 2 is 2.00 bits per heavy atom. The van der Waals surface area contributed by atoms with Crippen molar-refractivity contribution in [1.29, 1.82) is 0 Å². The van der Waals surface area contributed by atoms with Gasteiger partial charge in [-0.05, 0) is 63.1 Å². The second-order valence-electron chi connectivity index (χ2n) is 7.76. The van der Waals surface area contributed by atoms with E-state index in [1.54, 1.807) is 30.3 Å². The van der Waals surface area contributed by atoms with Gasteiger partial charge in [0, 0.05) is 12.1 Å². The summed E-state index contributed by atoms with van der Waals surface area (Å²) in [5, 5.41) is 11.1. The number of benzene rings is 1. The molecule has 7 heteroatoms. The lowest BCUT2D eigenvalue weighted by Gasteiger charge is -2.23. The fourth-order valence-corrected chi connectivity index (χ4v) is 3.57. The smallest absolute Gasteiger partial charge is 0.295 e. The van der Waals surface area contributed by atoms with E-state index >= 15 is 0 Å². The summed E-state index contributed by atoms with van der Waals surface area (Å²) in [5.41, 5.74) is 1.27. The van der Waals surface area contributed by atoms with Gasteiger partial charge in [0.25, 0.3) is 11.7 Å². The Morgan fingerprint density at radius 1 is 1.23 bits per heavy atom. The van der Waals surface area contributed by atoms with Crippen LogP contribution in [0.25, 0.3) is 5.76 Å². The normalized spacial score (nSPS) is 18.2. The van der Waals surface area contributed by atoms with Crippen LogP contribution in [-0.4, -0.2) is 47.6 Å². The predicted octanol–water partition coefficient (Wildman–Crippen LogP) is 4.22. The molecular formula is C24H29NO6. The van der Waals surface area contributed by atoms with E-state index in [0.717, 1.165) is 12.0 Å². The monoisotopic (exact) mass is 427 g/mol. The van der Waals surface area contributed by atoms with Crippen LogP contribution in [0.3, 0.4) is 0 Å². The van der Waals surface area contributed by atoms with Crippen molar-refractivity contribution >= 4 is 17.4 Å². The zero-order chi connectivity index (χ0) is 22.5. The van der Waals surface area contributed by atoms with E-state index in [-0.39, 0.29) is 30.6 Å². The van der Waals surface area contributed by atoms with Gasteiger partial charge in [-0.25, -0.2) is 0 Å².